The molecule has 2 heterocycles. The number of nitrogens with one attached hydrogen (secondary N) is 1. The summed E-state index contributed by atoms with van der Waals surface area (Å²) >= 11 is 7.43. The highest BCUT2D eigenvalue weighted by atomic mass is 35.5. The first kappa shape index (κ1) is 18.9. The Hall–Kier alpha value is -1.86. The van der Waals surface area contributed by atoms with E-state index in [0.717, 1.165) is 17.7 Å². The minimum absolute atomic E-state index is 0.0241. The standard InChI is InChI=1S/C18H21ClN2O4S/c1-4-9(2)14(18(24)25-3)20-16(23)12-8-21(10-5-6-10)17-11(15(12)22)7-13(19)26-17/h7-10,14H,4-6H2,1-3H3,(H,20,23). The first-order valence-electron chi connectivity index (χ1n) is 8.60. The average Bonchev–Trinajstić information content (AvgIpc) is 3.39. The molecule has 6 nitrogen and oxygen atoms in total. The van der Waals surface area contributed by atoms with E-state index < -0.39 is 17.9 Å². The Balaban J connectivity index is 2.01. The Morgan fingerprint density at radius 1 is 1.46 bits per heavy atom. The number of halogens is 1. The number of esters is 1. The van der Waals surface area contributed by atoms with Gasteiger partial charge in [0.05, 0.1) is 16.8 Å². The van der Waals surface area contributed by atoms with Crippen LogP contribution in [0.3, 0.4) is 0 Å². The van der Waals surface area contributed by atoms with E-state index in [0.29, 0.717) is 16.1 Å². The molecule has 1 aliphatic rings. The molecule has 0 aliphatic heterocycles. The van der Waals surface area contributed by atoms with Crippen molar-refractivity contribution in [3.05, 3.63) is 32.4 Å². The fourth-order valence-electron chi connectivity index (χ4n) is 2.91. The molecule has 2 aromatic heterocycles. The van der Waals surface area contributed by atoms with Gasteiger partial charge in [0.2, 0.25) is 5.43 Å². The highest BCUT2D eigenvalue weighted by Gasteiger charge is 2.31. The zero-order valence-electron chi connectivity index (χ0n) is 14.9. The van der Waals surface area contributed by atoms with Gasteiger partial charge in [-0.25, -0.2) is 4.79 Å². The number of pyridine rings is 1. The van der Waals surface area contributed by atoms with E-state index in [4.69, 9.17) is 16.3 Å². The van der Waals surface area contributed by atoms with Crippen molar-refractivity contribution in [2.75, 3.05) is 7.11 Å². The fraction of sp³-hybridized carbons (Fsp3) is 0.500. The van der Waals surface area contributed by atoms with Crippen molar-refractivity contribution in [1.29, 1.82) is 0 Å². The number of amides is 1. The van der Waals surface area contributed by atoms with Crippen LogP contribution in [0.25, 0.3) is 10.2 Å². The zero-order valence-corrected chi connectivity index (χ0v) is 16.4. The summed E-state index contributed by atoms with van der Waals surface area (Å²) in [6.07, 6.45) is 4.29. The van der Waals surface area contributed by atoms with Crippen molar-refractivity contribution < 1.29 is 14.3 Å². The van der Waals surface area contributed by atoms with Crippen molar-refractivity contribution in [1.82, 2.24) is 9.88 Å². The summed E-state index contributed by atoms with van der Waals surface area (Å²) in [5, 5.41) is 3.12. The van der Waals surface area contributed by atoms with Gasteiger partial charge in [0.1, 0.15) is 16.4 Å². The van der Waals surface area contributed by atoms with Gasteiger partial charge in [0.25, 0.3) is 5.91 Å². The second-order valence-electron chi connectivity index (χ2n) is 6.64. The summed E-state index contributed by atoms with van der Waals surface area (Å²) in [6, 6.07) is 1.09. The third kappa shape index (κ3) is 3.50. The van der Waals surface area contributed by atoms with Crippen LogP contribution in [0.15, 0.2) is 17.1 Å². The van der Waals surface area contributed by atoms with Crippen LogP contribution in [-0.2, 0) is 9.53 Å². The molecular weight excluding hydrogens is 376 g/mol. The number of carbonyl (C=O) groups excluding carboxylic acids is 2. The number of carbonyl (C=O) groups is 2. The minimum atomic E-state index is -0.798. The maximum absolute atomic E-state index is 12.8. The minimum Gasteiger partial charge on any atom is -0.467 e. The lowest BCUT2D eigenvalue weighted by atomic mass is 9.99. The number of nitrogens with zero attached hydrogens (tertiary/aromatic N) is 1. The highest BCUT2D eigenvalue weighted by molar-refractivity contribution is 7.22. The Bertz CT molecular complexity index is 916. The lowest BCUT2D eigenvalue weighted by Crippen LogP contribution is -2.46. The van der Waals surface area contributed by atoms with Crippen LogP contribution in [0.5, 0.6) is 0 Å². The molecule has 1 aliphatic carbocycles. The molecule has 0 saturated heterocycles. The second-order valence-corrected chi connectivity index (χ2v) is 8.30. The van der Waals surface area contributed by atoms with Gasteiger partial charge < -0.3 is 14.6 Å². The first-order chi connectivity index (χ1) is 12.4. The molecule has 140 valence electrons. The highest BCUT2D eigenvalue weighted by Crippen LogP contribution is 2.39. The first-order valence-corrected chi connectivity index (χ1v) is 9.79. The number of thiophene rings is 1. The molecule has 3 rings (SSSR count). The molecule has 1 fully saturated rings. The number of hydrogen-bond donors (Lipinski definition) is 1. The maximum Gasteiger partial charge on any atom is 0.328 e. The average molecular weight is 397 g/mol. The number of aromatic nitrogens is 1. The number of methoxy groups -OCH3 is 1. The van der Waals surface area contributed by atoms with E-state index in [1.807, 2.05) is 18.4 Å². The maximum atomic E-state index is 12.8. The van der Waals surface area contributed by atoms with Crippen molar-refractivity contribution >= 4 is 45.0 Å². The van der Waals surface area contributed by atoms with Gasteiger partial charge in [-0.15, -0.1) is 11.3 Å². The summed E-state index contributed by atoms with van der Waals surface area (Å²) in [5.74, 6) is -1.20. The summed E-state index contributed by atoms with van der Waals surface area (Å²) in [6.45, 7) is 3.78. The number of fused-ring (bicyclic) bond motifs is 1. The van der Waals surface area contributed by atoms with Crippen LogP contribution in [0.1, 0.15) is 49.5 Å². The van der Waals surface area contributed by atoms with E-state index >= 15 is 0 Å². The summed E-state index contributed by atoms with van der Waals surface area (Å²) < 4.78 is 7.26. The summed E-state index contributed by atoms with van der Waals surface area (Å²) in [7, 11) is 1.28. The number of ether oxygens (including phenoxy) is 1. The molecule has 0 spiro atoms. The van der Waals surface area contributed by atoms with Crippen LogP contribution in [0.2, 0.25) is 4.34 Å². The van der Waals surface area contributed by atoms with Gasteiger partial charge in [0.15, 0.2) is 0 Å². The summed E-state index contributed by atoms with van der Waals surface area (Å²) in [4.78, 5) is 38.4. The SMILES string of the molecule is CCC(C)C(NC(=O)c1cn(C2CC2)c2sc(Cl)cc2c1=O)C(=O)OC. The quantitative estimate of drug-likeness (QED) is 0.759. The van der Waals surface area contributed by atoms with E-state index in [2.05, 4.69) is 5.32 Å². The number of hydrogen-bond acceptors (Lipinski definition) is 5. The molecule has 2 atom stereocenters. The van der Waals surface area contributed by atoms with Crippen LogP contribution < -0.4 is 10.7 Å². The van der Waals surface area contributed by atoms with Crippen molar-refractivity contribution in [3.63, 3.8) is 0 Å². The normalized spacial score (nSPS) is 16.3. The molecule has 1 saturated carbocycles. The van der Waals surface area contributed by atoms with Crippen LogP contribution in [-0.4, -0.2) is 29.6 Å². The molecule has 26 heavy (non-hydrogen) atoms. The van der Waals surface area contributed by atoms with Gasteiger partial charge in [-0.1, -0.05) is 31.9 Å². The smallest absolute Gasteiger partial charge is 0.328 e. The Labute approximate surface area is 160 Å². The second kappa shape index (κ2) is 7.40. The van der Waals surface area contributed by atoms with Crippen molar-refractivity contribution in [2.45, 2.75) is 45.2 Å². The predicted octanol–water partition coefficient (Wildman–Crippen LogP) is 3.37. The topological polar surface area (TPSA) is 77.4 Å². The number of rotatable bonds is 6. The van der Waals surface area contributed by atoms with E-state index in [9.17, 15) is 14.4 Å². The molecule has 1 N–H and O–H groups in total. The van der Waals surface area contributed by atoms with Crippen LogP contribution in [0.4, 0.5) is 0 Å². The van der Waals surface area contributed by atoms with Crippen LogP contribution in [0, 0.1) is 5.92 Å². The molecule has 8 heteroatoms. The fourth-order valence-corrected chi connectivity index (χ4v) is 4.17. The molecule has 1 amide bonds. The predicted molar refractivity (Wildman–Crippen MR) is 102 cm³/mol. The molecule has 0 aromatic carbocycles. The van der Waals surface area contributed by atoms with Gasteiger partial charge >= 0.3 is 5.97 Å². The lowest BCUT2D eigenvalue weighted by molar-refractivity contribution is -0.144. The van der Waals surface area contributed by atoms with Gasteiger partial charge in [0, 0.05) is 12.2 Å². The molecular formula is C18H21ClN2O4S. The van der Waals surface area contributed by atoms with Crippen molar-refractivity contribution in [2.24, 2.45) is 5.92 Å². The van der Waals surface area contributed by atoms with Gasteiger partial charge in [-0.2, -0.15) is 0 Å². The molecule has 2 unspecified atom stereocenters. The Morgan fingerprint density at radius 2 is 2.15 bits per heavy atom. The van der Waals surface area contributed by atoms with Gasteiger partial charge in [-0.05, 0) is 24.8 Å². The molecule has 0 radical (unpaired) electrons. The molecule has 2 aromatic rings. The van der Waals surface area contributed by atoms with E-state index in [1.165, 1.54) is 18.4 Å². The third-order valence-corrected chi connectivity index (χ3v) is 6.09. The van der Waals surface area contributed by atoms with Crippen molar-refractivity contribution in [3.8, 4) is 0 Å². The largest absolute Gasteiger partial charge is 0.467 e. The third-order valence-electron chi connectivity index (χ3n) is 4.81. The Kier molecular flexibility index (Phi) is 5.39. The Morgan fingerprint density at radius 3 is 2.73 bits per heavy atom. The van der Waals surface area contributed by atoms with E-state index in [-0.39, 0.29) is 23.0 Å². The van der Waals surface area contributed by atoms with Gasteiger partial charge in [-0.3, -0.25) is 9.59 Å². The summed E-state index contributed by atoms with van der Waals surface area (Å²) in [5.41, 5.74) is -0.346. The van der Waals surface area contributed by atoms with E-state index in [1.54, 1.807) is 12.3 Å². The molecule has 0 bridgehead atoms. The zero-order chi connectivity index (χ0) is 19.0. The van der Waals surface area contributed by atoms with Crippen LogP contribution >= 0.6 is 22.9 Å². The monoisotopic (exact) mass is 396 g/mol. The lowest BCUT2D eigenvalue weighted by Gasteiger charge is -2.22.